The van der Waals surface area contributed by atoms with E-state index in [0.717, 1.165) is 35.4 Å². The molecule has 0 amide bonds. The molecule has 23 heavy (non-hydrogen) atoms. The number of hydrogen-bond acceptors (Lipinski definition) is 5. The second-order valence-corrected chi connectivity index (χ2v) is 6.41. The summed E-state index contributed by atoms with van der Waals surface area (Å²) in [4.78, 5) is 8.23. The lowest BCUT2D eigenvalue weighted by molar-refractivity contribution is 0.184. The first kappa shape index (κ1) is 15.9. The summed E-state index contributed by atoms with van der Waals surface area (Å²) in [6, 6.07) is 14.2. The normalized spacial score (nSPS) is 11.3. The predicted octanol–water partition coefficient (Wildman–Crippen LogP) is 3.30. The molecule has 0 fully saturated rings. The van der Waals surface area contributed by atoms with E-state index in [-0.39, 0.29) is 6.61 Å². The topological polar surface area (TPSA) is 45.6 Å². The van der Waals surface area contributed by atoms with Crippen molar-refractivity contribution in [3.05, 3.63) is 58.4 Å². The van der Waals surface area contributed by atoms with Gasteiger partial charge in [-0.05, 0) is 35.7 Å². The van der Waals surface area contributed by atoms with Crippen molar-refractivity contribution in [2.75, 3.05) is 20.3 Å². The molecule has 0 spiro atoms. The third-order valence-electron chi connectivity index (χ3n) is 3.72. The van der Waals surface area contributed by atoms with E-state index in [9.17, 15) is 5.11 Å². The van der Waals surface area contributed by atoms with Gasteiger partial charge in [-0.15, -0.1) is 11.3 Å². The molecule has 0 aliphatic heterocycles. The summed E-state index contributed by atoms with van der Waals surface area (Å²) in [5.74, 6) is 0.839. The summed E-state index contributed by atoms with van der Waals surface area (Å²) < 4.78 is 5.25. The molecule has 3 rings (SSSR count). The number of rotatable bonds is 7. The van der Waals surface area contributed by atoms with Crippen molar-refractivity contribution >= 4 is 22.2 Å². The lowest BCUT2D eigenvalue weighted by Gasteiger charge is -2.20. The lowest BCUT2D eigenvalue weighted by Crippen LogP contribution is -2.26. The van der Waals surface area contributed by atoms with Gasteiger partial charge in [0.1, 0.15) is 5.75 Å². The average Bonchev–Trinajstić information content (AvgIpc) is 3.07. The van der Waals surface area contributed by atoms with Gasteiger partial charge in [0, 0.05) is 29.9 Å². The molecule has 3 aromatic rings. The first-order chi connectivity index (χ1) is 11.3. The number of benzene rings is 1. The van der Waals surface area contributed by atoms with Gasteiger partial charge in [-0.1, -0.05) is 12.1 Å². The van der Waals surface area contributed by atoms with Gasteiger partial charge < -0.3 is 9.84 Å². The SMILES string of the molecule is COc1ccc2nc(CN(CCO)Cc3cccs3)ccc2c1. The molecular weight excluding hydrogens is 308 g/mol. The quantitative estimate of drug-likeness (QED) is 0.723. The third-order valence-corrected chi connectivity index (χ3v) is 4.58. The number of hydrogen-bond donors (Lipinski definition) is 1. The summed E-state index contributed by atoms with van der Waals surface area (Å²) in [5, 5.41) is 12.4. The second kappa shape index (κ2) is 7.55. The van der Waals surface area contributed by atoms with Crippen molar-refractivity contribution in [2.45, 2.75) is 13.1 Å². The van der Waals surface area contributed by atoms with Crippen LogP contribution in [0, 0.1) is 0 Å². The van der Waals surface area contributed by atoms with Crippen LogP contribution in [0.4, 0.5) is 0 Å². The largest absolute Gasteiger partial charge is 0.497 e. The molecule has 2 heterocycles. The van der Waals surface area contributed by atoms with E-state index in [1.165, 1.54) is 4.88 Å². The molecular formula is C18H20N2O2S. The van der Waals surface area contributed by atoms with Crippen LogP contribution in [0.15, 0.2) is 47.8 Å². The fraction of sp³-hybridized carbons (Fsp3) is 0.278. The molecule has 0 aliphatic carbocycles. The Balaban J connectivity index is 1.77. The minimum Gasteiger partial charge on any atom is -0.497 e. The Morgan fingerprint density at radius 1 is 1.17 bits per heavy atom. The highest BCUT2D eigenvalue weighted by atomic mass is 32.1. The molecule has 4 nitrogen and oxygen atoms in total. The van der Waals surface area contributed by atoms with E-state index < -0.39 is 0 Å². The fourth-order valence-corrected chi connectivity index (χ4v) is 3.31. The molecule has 1 aromatic carbocycles. The van der Waals surface area contributed by atoms with E-state index in [2.05, 4.69) is 28.5 Å². The van der Waals surface area contributed by atoms with Crippen LogP contribution in [0.3, 0.4) is 0 Å². The number of pyridine rings is 1. The van der Waals surface area contributed by atoms with Crippen molar-refractivity contribution in [3.63, 3.8) is 0 Å². The Kier molecular flexibility index (Phi) is 5.23. The van der Waals surface area contributed by atoms with Crippen LogP contribution in [-0.4, -0.2) is 35.3 Å². The van der Waals surface area contributed by atoms with Crippen molar-refractivity contribution in [1.29, 1.82) is 0 Å². The number of thiophene rings is 1. The molecule has 0 radical (unpaired) electrons. The predicted molar refractivity (Wildman–Crippen MR) is 93.8 cm³/mol. The summed E-state index contributed by atoms with van der Waals surface area (Å²) in [7, 11) is 1.67. The van der Waals surface area contributed by atoms with Crippen LogP contribution < -0.4 is 4.74 Å². The highest BCUT2D eigenvalue weighted by molar-refractivity contribution is 7.09. The highest BCUT2D eigenvalue weighted by Crippen LogP contribution is 2.20. The second-order valence-electron chi connectivity index (χ2n) is 5.37. The lowest BCUT2D eigenvalue weighted by atomic mass is 10.2. The maximum absolute atomic E-state index is 9.30. The van der Waals surface area contributed by atoms with E-state index in [1.807, 2.05) is 24.3 Å². The number of aliphatic hydroxyl groups excluding tert-OH is 1. The highest BCUT2D eigenvalue weighted by Gasteiger charge is 2.09. The molecule has 0 saturated carbocycles. The van der Waals surface area contributed by atoms with Crippen LogP contribution in [0.25, 0.3) is 10.9 Å². The number of aromatic nitrogens is 1. The molecule has 0 saturated heterocycles. The summed E-state index contributed by atoms with van der Waals surface area (Å²) in [5.41, 5.74) is 1.97. The monoisotopic (exact) mass is 328 g/mol. The van der Waals surface area contributed by atoms with Crippen LogP contribution in [0.5, 0.6) is 5.75 Å². The van der Waals surface area contributed by atoms with Gasteiger partial charge in [0.2, 0.25) is 0 Å². The van der Waals surface area contributed by atoms with Gasteiger partial charge in [-0.25, -0.2) is 0 Å². The smallest absolute Gasteiger partial charge is 0.119 e. The van der Waals surface area contributed by atoms with Gasteiger partial charge in [0.05, 0.1) is 24.9 Å². The zero-order valence-electron chi connectivity index (χ0n) is 13.1. The van der Waals surface area contributed by atoms with Gasteiger partial charge >= 0.3 is 0 Å². The number of fused-ring (bicyclic) bond motifs is 1. The van der Waals surface area contributed by atoms with Gasteiger partial charge in [-0.2, -0.15) is 0 Å². The van der Waals surface area contributed by atoms with Crippen LogP contribution >= 0.6 is 11.3 Å². The van der Waals surface area contributed by atoms with Gasteiger partial charge in [0.15, 0.2) is 0 Å². The minimum absolute atomic E-state index is 0.149. The van der Waals surface area contributed by atoms with Crippen molar-refractivity contribution in [3.8, 4) is 5.75 Å². The molecule has 5 heteroatoms. The Hall–Kier alpha value is -1.95. The molecule has 0 unspecified atom stereocenters. The molecule has 1 N–H and O–H groups in total. The Morgan fingerprint density at radius 2 is 2.09 bits per heavy atom. The fourth-order valence-electron chi connectivity index (χ4n) is 2.57. The van der Waals surface area contributed by atoms with E-state index in [0.29, 0.717) is 6.54 Å². The van der Waals surface area contributed by atoms with E-state index >= 15 is 0 Å². The first-order valence-electron chi connectivity index (χ1n) is 7.58. The zero-order valence-corrected chi connectivity index (χ0v) is 13.9. The van der Waals surface area contributed by atoms with Gasteiger partial charge in [0.25, 0.3) is 0 Å². The Morgan fingerprint density at radius 3 is 2.83 bits per heavy atom. The maximum Gasteiger partial charge on any atom is 0.119 e. The maximum atomic E-state index is 9.30. The van der Waals surface area contributed by atoms with Crippen LogP contribution in [0.2, 0.25) is 0 Å². The number of aliphatic hydroxyl groups is 1. The Bertz CT molecular complexity index is 759. The molecule has 0 atom stereocenters. The van der Waals surface area contributed by atoms with E-state index in [4.69, 9.17) is 9.72 Å². The summed E-state index contributed by atoms with van der Waals surface area (Å²) in [6.07, 6.45) is 0. The molecule has 0 bridgehead atoms. The standard InChI is InChI=1S/C18H20N2O2S/c1-22-16-6-7-18-14(11-16)4-5-15(19-18)12-20(8-9-21)13-17-3-2-10-23-17/h2-7,10-11,21H,8-9,12-13H2,1H3. The number of nitrogens with zero attached hydrogens (tertiary/aromatic N) is 2. The molecule has 0 aliphatic rings. The molecule has 2 aromatic heterocycles. The van der Waals surface area contributed by atoms with Crippen LogP contribution in [-0.2, 0) is 13.1 Å². The zero-order chi connectivity index (χ0) is 16.1. The van der Waals surface area contributed by atoms with Crippen LogP contribution in [0.1, 0.15) is 10.6 Å². The van der Waals surface area contributed by atoms with E-state index in [1.54, 1.807) is 18.4 Å². The van der Waals surface area contributed by atoms with Gasteiger partial charge in [-0.3, -0.25) is 9.88 Å². The van der Waals surface area contributed by atoms with Crippen molar-refractivity contribution in [1.82, 2.24) is 9.88 Å². The average molecular weight is 328 g/mol. The Labute approximate surface area is 140 Å². The number of ether oxygens (including phenoxy) is 1. The molecule has 120 valence electrons. The van der Waals surface area contributed by atoms with Crippen molar-refractivity contribution < 1.29 is 9.84 Å². The first-order valence-corrected chi connectivity index (χ1v) is 8.46. The minimum atomic E-state index is 0.149. The summed E-state index contributed by atoms with van der Waals surface area (Å²) in [6.45, 7) is 2.34. The third kappa shape index (κ3) is 4.07. The van der Waals surface area contributed by atoms with Crippen molar-refractivity contribution in [2.24, 2.45) is 0 Å². The number of methoxy groups -OCH3 is 1. The summed E-state index contributed by atoms with van der Waals surface area (Å²) >= 11 is 1.74.